The van der Waals surface area contributed by atoms with Gasteiger partial charge in [-0.1, -0.05) is 13.8 Å². The zero-order chi connectivity index (χ0) is 7.11. The molecule has 11 heavy (non-hydrogen) atoms. The third-order valence-electron chi connectivity index (χ3n) is 0.789. The Kier molecular flexibility index (Phi) is 17.4. The van der Waals surface area contributed by atoms with Gasteiger partial charge in [-0.2, -0.15) is 0 Å². The van der Waals surface area contributed by atoms with Crippen molar-refractivity contribution >= 4 is 0 Å². The minimum absolute atomic E-state index is 0. The largest absolute Gasteiger partial charge is 0.359 e. The number of rotatable bonds is 0. The minimum atomic E-state index is 0. The van der Waals surface area contributed by atoms with E-state index < -0.39 is 0 Å². The van der Waals surface area contributed by atoms with E-state index in [0.717, 1.165) is 0 Å². The Hall–Kier alpha value is -1.12. The van der Waals surface area contributed by atoms with Gasteiger partial charge < -0.3 is 18.2 Å². The first kappa shape index (κ1) is 16.5. The molecule has 0 aromatic heterocycles. The number of benzene rings is 1. The van der Waals surface area contributed by atoms with Gasteiger partial charge in [0, 0.05) is 20.4 Å². The summed E-state index contributed by atoms with van der Waals surface area (Å²) >= 11 is 0. The summed E-state index contributed by atoms with van der Waals surface area (Å²) < 4.78 is 0. The zero-order valence-electron chi connectivity index (χ0n) is 7.32. The Morgan fingerprint density at radius 1 is 1.09 bits per heavy atom. The second-order valence-corrected chi connectivity index (χ2v) is 1.51. The standard InChI is InChI=1S/C7H6.C2H6.Re.Rf/c1-7-5-3-2-4-6-7;1-2;;/h2,5-6H,1H3;1-2H3;;/q-2;;;. The van der Waals surface area contributed by atoms with E-state index in [1.807, 2.05) is 32.9 Å². The Balaban J connectivity index is -0.000000149. The molecular formula is C9H12ReRf-2. The van der Waals surface area contributed by atoms with Crippen LogP contribution >= 0.6 is 0 Å². The van der Waals surface area contributed by atoms with Crippen molar-refractivity contribution < 1.29 is 20.4 Å². The van der Waals surface area contributed by atoms with Crippen molar-refractivity contribution in [1.29, 1.82) is 0 Å². The van der Waals surface area contributed by atoms with Crippen LogP contribution in [0.2, 0.25) is 0 Å². The van der Waals surface area contributed by atoms with Crippen LogP contribution in [0.1, 0.15) is 19.4 Å². The normalized spacial score (nSPS) is 6.09. The maximum atomic E-state index is 2.91. The van der Waals surface area contributed by atoms with Gasteiger partial charge in [0.2, 0.25) is 0 Å². The molecule has 1 aromatic carbocycles. The topological polar surface area (TPSA) is 0 Å². The molecular weight excluding hydrogens is 561 g/mol. The van der Waals surface area contributed by atoms with Crippen molar-refractivity contribution in [1.82, 2.24) is 0 Å². The van der Waals surface area contributed by atoms with Gasteiger partial charge in [0.25, 0.3) is 0 Å². The van der Waals surface area contributed by atoms with Crippen molar-refractivity contribution in [2.24, 2.45) is 0 Å². The summed E-state index contributed by atoms with van der Waals surface area (Å²) in [5.41, 5.74) is 1.21. The Labute approximate surface area is 77.3 Å². The van der Waals surface area contributed by atoms with Gasteiger partial charge in [-0.3, -0.25) is 17.7 Å². The van der Waals surface area contributed by atoms with Gasteiger partial charge >= 0.3 is 0 Å². The first-order valence-electron chi connectivity index (χ1n) is 3.23. The molecule has 0 aliphatic rings. The summed E-state index contributed by atoms with van der Waals surface area (Å²) in [7, 11) is 0. The summed E-state index contributed by atoms with van der Waals surface area (Å²) in [5.74, 6) is 0. The van der Waals surface area contributed by atoms with E-state index in [9.17, 15) is 0 Å². The number of hydrogen-bond donors (Lipinski definition) is 0. The van der Waals surface area contributed by atoms with E-state index >= 15 is 0 Å². The van der Waals surface area contributed by atoms with E-state index in [0.29, 0.717) is 0 Å². The fourth-order valence-electron chi connectivity index (χ4n) is 0.436. The van der Waals surface area contributed by atoms with Crippen LogP contribution in [0.15, 0.2) is 18.2 Å². The van der Waals surface area contributed by atoms with E-state index in [4.69, 9.17) is 0 Å². The average molecular weight is 573 g/mol. The van der Waals surface area contributed by atoms with Crippen LogP contribution in [-0.4, -0.2) is 0 Å². The van der Waals surface area contributed by atoms with Gasteiger partial charge in [0.1, 0.15) is 0 Å². The zero-order valence-corrected chi connectivity index (χ0v) is 16.4. The molecule has 1 rings (SSSR count). The van der Waals surface area contributed by atoms with Gasteiger partial charge in [0.05, 0.1) is 0 Å². The summed E-state index contributed by atoms with van der Waals surface area (Å²) in [6.45, 7) is 6.02. The van der Waals surface area contributed by atoms with E-state index in [1.165, 1.54) is 5.56 Å². The van der Waals surface area contributed by atoms with Crippen LogP contribution < -0.4 is 0 Å². The minimum Gasteiger partial charge on any atom is -0.359 e. The molecule has 0 aliphatic heterocycles. The Morgan fingerprint density at radius 3 is 1.64 bits per heavy atom. The summed E-state index contributed by atoms with van der Waals surface area (Å²) in [6.07, 6.45) is 0. The predicted molar refractivity (Wildman–Crippen MR) is 40.2 cm³/mol. The fraction of sp³-hybridized carbons (Fsp3) is 0.333. The van der Waals surface area contributed by atoms with Crippen molar-refractivity contribution in [3.05, 3.63) is 35.9 Å². The fourth-order valence-corrected chi connectivity index (χ4v) is 0.436. The molecule has 0 saturated carbocycles. The molecule has 0 atom stereocenters. The van der Waals surface area contributed by atoms with Crippen molar-refractivity contribution in [3.63, 3.8) is 0 Å². The molecule has 2 heteroatoms. The van der Waals surface area contributed by atoms with E-state index in [1.54, 1.807) is 6.07 Å². The molecule has 0 bridgehead atoms. The second kappa shape index (κ2) is 11.7. The molecule has 0 spiro atoms. The first-order chi connectivity index (χ1) is 4.39. The average Bonchev–Trinajstić information content (AvgIpc) is 1.94. The number of aryl methyl sites for hydroxylation is 1. The van der Waals surface area contributed by atoms with Gasteiger partial charge in [-0.05, 0) is 0 Å². The third kappa shape index (κ3) is 8.88. The smallest absolute Gasteiger partial charge is 0 e. The van der Waals surface area contributed by atoms with Gasteiger partial charge in [-0.25, -0.2) is 0 Å². The van der Waals surface area contributed by atoms with Crippen LogP contribution in [0, 0.1) is 19.1 Å². The van der Waals surface area contributed by atoms with Crippen LogP contribution in [0.5, 0.6) is 0 Å². The molecule has 1 aromatic rings. The molecule has 0 heterocycles. The SMILES string of the molecule is CC.Cc1c[c-]c[c-]c1.[Re].[Rf]. The third-order valence-corrected chi connectivity index (χ3v) is 0.789. The van der Waals surface area contributed by atoms with Crippen LogP contribution in [0.3, 0.4) is 0 Å². The second-order valence-electron chi connectivity index (χ2n) is 1.51. The van der Waals surface area contributed by atoms with E-state index in [2.05, 4.69) is 12.1 Å². The first-order valence-corrected chi connectivity index (χ1v) is 3.23. The Morgan fingerprint density at radius 2 is 1.45 bits per heavy atom. The Bertz CT molecular complexity index is 139. The summed E-state index contributed by atoms with van der Waals surface area (Å²) in [5, 5.41) is 0. The van der Waals surface area contributed by atoms with Crippen molar-refractivity contribution in [2.45, 2.75) is 20.8 Å². The summed E-state index contributed by atoms with van der Waals surface area (Å²) in [4.78, 5) is 0. The number of hydrogen-bond acceptors (Lipinski definition) is 0. The molecule has 0 amide bonds. The molecule has 59 valence electrons. The maximum Gasteiger partial charge on any atom is 0 e. The predicted octanol–water partition coefficient (Wildman–Crippen LogP) is 2.62. The molecule has 0 unspecified atom stereocenters. The molecule has 0 aliphatic carbocycles. The van der Waals surface area contributed by atoms with Crippen molar-refractivity contribution in [2.75, 3.05) is 0 Å². The quantitative estimate of drug-likeness (QED) is 0.419. The van der Waals surface area contributed by atoms with E-state index in [-0.39, 0.29) is 20.4 Å². The molecule has 0 saturated heterocycles. The van der Waals surface area contributed by atoms with Gasteiger partial charge in [0.15, 0.2) is 0 Å². The van der Waals surface area contributed by atoms with Crippen molar-refractivity contribution in [3.8, 4) is 0 Å². The molecule has 0 fully saturated rings. The molecule has 0 nitrogen and oxygen atoms in total. The molecule has 1 radical (unpaired) electrons. The van der Waals surface area contributed by atoms with Crippen LogP contribution in [0.4, 0.5) is 0 Å². The monoisotopic (exact) mass is 574 g/mol. The van der Waals surface area contributed by atoms with Crippen LogP contribution in [-0.2, 0) is 20.4 Å². The molecule has 0 N–H and O–H groups in total. The van der Waals surface area contributed by atoms with Crippen LogP contribution in [0.25, 0.3) is 0 Å². The maximum absolute atomic E-state index is 2.91. The van der Waals surface area contributed by atoms with Gasteiger partial charge in [-0.15, -0.1) is 6.92 Å². The summed E-state index contributed by atoms with van der Waals surface area (Å²) in [6, 6.07) is 11.4.